The molecule has 3 aliphatic rings. The van der Waals surface area contributed by atoms with Crippen molar-refractivity contribution in [3.8, 4) is 17.2 Å². The molecule has 1 fully saturated rings. The molecule has 1 unspecified atom stereocenters. The lowest BCUT2D eigenvalue weighted by atomic mass is 10.2. The maximum absolute atomic E-state index is 13.1. The zero-order valence-electron chi connectivity index (χ0n) is 17.0. The van der Waals surface area contributed by atoms with Gasteiger partial charge in [0.05, 0.1) is 17.9 Å². The van der Waals surface area contributed by atoms with E-state index in [1.165, 1.54) is 8.61 Å². The molecule has 1 amide bonds. The van der Waals surface area contributed by atoms with Crippen LogP contribution < -0.4 is 28.1 Å². The van der Waals surface area contributed by atoms with Crippen molar-refractivity contribution in [1.82, 2.24) is 5.32 Å². The number of rotatable bonds is 7. The van der Waals surface area contributed by atoms with Crippen molar-refractivity contribution < 1.29 is 27.4 Å². The van der Waals surface area contributed by atoms with Gasteiger partial charge in [-0.05, 0) is 44.0 Å². The van der Waals surface area contributed by atoms with E-state index in [1.54, 1.807) is 31.2 Å². The minimum atomic E-state index is -3.64. The molecule has 0 bridgehead atoms. The van der Waals surface area contributed by atoms with E-state index in [0.29, 0.717) is 28.6 Å². The minimum Gasteiger partial charge on any atom is -0.481 e. The highest BCUT2D eigenvalue weighted by Crippen LogP contribution is 2.46. The predicted octanol–water partition coefficient (Wildman–Crippen LogP) is 2.03. The van der Waals surface area contributed by atoms with E-state index < -0.39 is 16.3 Å². The lowest BCUT2D eigenvalue weighted by Crippen LogP contribution is -2.44. The number of hydrogen-bond donors (Lipinski definition) is 1. The number of amides is 1. The van der Waals surface area contributed by atoms with Gasteiger partial charge in [0.2, 0.25) is 6.79 Å². The van der Waals surface area contributed by atoms with Gasteiger partial charge in [-0.15, -0.1) is 0 Å². The van der Waals surface area contributed by atoms with Crippen LogP contribution in [0.1, 0.15) is 19.8 Å². The van der Waals surface area contributed by atoms with Crippen LogP contribution in [-0.2, 0) is 15.0 Å². The molecule has 2 aromatic carbocycles. The van der Waals surface area contributed by atoms with Crippen molar-refractivity contribution >= 4 is 27.5 Å². The highest BCUT2D eigenvalue weighted by atomic mass is 32.2. The van der Waals surface area contributed by atoms with Crippen LogP contribution in [0.15, 0.2) is 42.5 Å². The summed E-state index contributed by atoms with van der Waals surface area (Å²) in [4.78, 5) is 12.5. The summed E-state index contributed by atoms with van der Waals surface area (Å²) in [5.74, 6) is 1.37. The van der Waals surface area contributed by atoms with Gasteiger partial charge >= 0.3 is 10.2 Å². The number of nitrogens with zero attached hydrogens (tertiary/aromatic N) is 2. The van der Waals surface area contributed by atoms with E-state index >= 15 is 0 Å². The third-order valence-corrected chi connectivity index (χ3v) is 7.36. The molecule has 2 aliphatic heterocycles. The molecule has 10 heteroatoms. The molecule has 5 rings (SSSR count). The summed E-state index contributed by atoms with van der Waals surface area (Å²) in [6, 6.07) is 12.4. The molecule has 0 aromatic heterocycles. The number of ether oxygens (including phenoxy) is 3. The number of para-hydroxylation sites is 2. The Morgan fingerprint density at radius 2 is 1.90 bits per heavy atom. The van der Waals surface area contributed by atoms with Crippen LogP contribution in [0.3, 0.4) is 0 Å². The van der Waals surface area contributed by atoms with E-state index in [0.717, 1.165) is 12.8 Å². The standard InChI is InChI=1S/C21H23N3O6S/c1-14(30-16-8-9-19-20(12-16)29-13-28-19)21(25)22-10-11-23-17-4-2-3-5-18(17)24(15-6-7-15)31(23,26)27/h2-5,8-9,12,14-15H,6-7,10-11,13H2,1H3,(H,22,25). The molecule has 1 N–H and O–H groups in total. The number of anilines is 2. The molecule has 0 radical (unpaired) electrons. The van der Waals surface area contributed by atoms with E-state index in [-0.39, 0.29) is 31.8 Å². The van der Waals surface area contributed by atoms with Gasteiger partial charge in [0.15, 0.2) is 17.6 Å². The van der Waals surface area contributed by atoms with Crippen molar-refractivity contribution in [2.75, 3.05) is 28.5 Å². The van der Waals surface area contributed by atoms with Crippen molar-refractivity contribution in [3.63, 3.8) is 0 Å². The maximum Gasteiger partial charge on any atom is 0.326 e. The molecule has 0 spiro atoms. The first kappa shape index (κ1) is 19.8. The summed E-state index contributed by atoms with van der Waals surface area (Å²) in [5, 5.41) is 2.77. The maximum atomic E-state index is 13.1. The average Bonchev–Trinajstić information content (AvgIpc) is 3.41. The fourth-order valence-corrected chi connectivity index (χ4v) is 5.71. The van der Waals surface area contributed by atoms with E-state index in [4.69, 9.17) is 14.2 Å². The topological polar surface area (TPSA) is 97.4 Å². The SMILES string of the molecule is CC(Oc1ccc2c(c1)OCO2)C(=O)NCCN1c2ccccc2N(C2CC2)S1(=O)=O. The Labute approximate surface area is 180 Å². The van der Waals surface area contributed by atoms with Crippen molar-refractivity contribution in [1.29, 1.82) is 0 Å². The van der Waals surface area contributed by atoms with Gasteiger partial charge in [-0.1, -0.05) is 12.1 Å². The van der Waals surface area contributed by atoms with Crippen LogP contribution in [0.5, 0.6) is 17.2 Å². The number of carbonyl (C=O) groups excluding carboxylic acids is 1. The average molecular weight is 445 g/mol. The lowest BCUT2D eigenvalue weighted by molar-refractivity contribution is -0.127. The Morgan fingerprint density at radius 3 is 2.68 bits per heavy atom. The Kier molecular flexibility index (Phi) is 4.81. The van der Waals surface area contributed by atoms with Crippen LogP contribution in [0.4, 0.5) is 11.4 Å². The summed E-state index contributed by atoms with van der Waals surface area (Å²) in [6.45, 7) is 2.11. The summed E-state index contributed by atoms with van der Waals surface area (Å²) in [5.41, 5.74) is 1.35. The Balaban J connectivity index is 1.20. The van der Waals surface area contributed by atoms with Gasteiger partial charge in [0.25, 0.3) is 5.91 Å². The highest BCUT2D eigenvalue weighted by Gasteiger charge is 2.47. The molecule has 164 valence electrons. The largest absolute Gasteiger partial charge is 0.481 e. The second-order valence-corrected chi connectivity index (χ2v) is 9.39. The van der Waals surface area contributed by atoms with E-state index in [9.17, 15) is 13.2 Å². The molecule has 2 aromatic rings. The first-order valence-corrected chi connectivity index (χ1v) is 11.6. The van der Waals surface area contributed by atoms with Crippen molar-refractivity contribution in [2.24, 2.45) is 0 Å². The number of carbonyl (C=O) groups is 1. The molecule has 1 atom stereocenters. The van der Waals surface area contributed by atoms with Crippen LogP contribution in [0, 0.1) is 0 Å². The Morgan fingerprint density at radius 1 is 1.16 bits per heavy atom. The third kappa shape index (κ3) is 3.60. The van der Waals surface area contributed by atoms with Crippen LogP contribution in [-0.4, -0.2) is 46.4 Å². The smallest absolute Gasteiger partial charge is 0.326 e. The quantitative estimate of drug-likeness (QED) is 0.701. The molecule has 2 heterocycles. The second-order valence-electron chi connectivity index (χ2n) is 7.66. The molecular weight excluding hydrogens is 422 g/mol. The predicted molar refractivity (Wildman–Crippen MR) is 114 cm³/mol. The normalized spacial score (nSPS) is 19.1. The van der Waals surface area contributed by atoms with Gasteiger partial charge in [0, 0.05) is 18.7 Å². The minimum absolute atomic E-state index is 0.0286. The highest BCUT2D eigenvalue weighted by molar-refractivity contribution is 7.94. The van der Waals surface area contributed by atoms with Gasteiger partial charge in [-0.25, -0.2) is 8.61 Å². The fraction of sp³-hybridized carbons (Fsp3) is 0.381. The van der Waals surface area contributed by atoms with Crippen LogP contribution >= 0.6 is 0 Å². The Bertz CT molecular complexity index is 1120. The summed E-state index contributed by atoms with van der Waals surface area (Å²) < 4.78 is 45.3. The first-order valence-electron chi connectivity index (χ1n) is 10.2. The number of fused-ring (bicyclic) bond motifs is 2. The van der Waals surface area contributed by atoms with Crippen LogP contribution in [0.2, 0.25) is 0 Å². The summed E-state index contributed by atoms with van der Waals surface area (Å²) >= 11 is 0. The fourth-order valence-electron chi connectivity index (χ4n) is 3.78. The second kappa shape index (κ2) is 7.52. The van der Waals surface area contributed by atoms with E-state index in [2.05, 4.69) is 5.32 Å². The number of hydrogen-bond acceptors (Lipinski definition) is 6. The zero-order valence-corrected chi connectivity index (χ0v) is 17.8. The van der Waals surface area contributed by atoms with E-state index in [1.807, 2.05) is 18.2 Å². The molecular formula is C21H23N3O6S. The van der Waals surface area contributed by atoms with Crippen molar-refractivity contribution in [3.05, 3.63) is 42.5 Å². The van der Waals surface area contributed by atoms with Crippen LogP contribution in [0.25, 0.3) is 0 Å². The third-order valence-electron chi connectivity index (χ3n) is 5.43. The molecule has 9 nitrogen and oxygen atoms in total. The van der Waals surface area contributed by atoms with Gasteiger partial charge < -0.3 is 19.5 Å². The first-order chi connectivity index (χ1) is 14.9. The Hall–Kier alpha value is -3.14. The van der Waals surface area contributed by atoms with Crippen molar-refractivity contribution in [2.45, 2.75) is 31.9 Å². The molecule has 1 saturated carbocycles. The monoisotopic (exact) mass is 445 g/mol. The van der Waals surface area contributed by atoms with Gasteiger partial charge in [-0.2, -0.15) is 8.42 Å². The molecule has 31 heavy (non-hydrogen) atoms. The number of nitrogens with one attached hydrogen (secondary N) is 1. The summed E-state index contributed by atoms with van der Waals surface area (Å²) in [7, 11) is -3.64. The zero-order chi connectivity index (χ0) is 21.6. The summed E-state index contributed by atoms with van der Waals surface area (Å²) in [6.07, 6.45) is 0.977. The lowest BCUT2D eigenvalue weighted by Gasteiger charge is -2.22. The molecule has 0 saturated heterocycles. The number of benzene rings is 2. The van der Waals surface area contributed by atoms with Gasteiger partial charge in [0.1, 0.15) is 5.75 Å². The molecule has 1 aliphatic carbocycles. The van der Waals surface area contributed by atoms with Gasteiger partial charge in [-0.3, -0.25) is 4.79 Å².